The van der Waals surface area contributed by atoms with Gasteiger partial charge in [0.1, 0.15) is 5.69 Å². The van der Waals surface area contributed by atoms with Gasteiger partial charge in [0.2, 0.25) is 5.91 Å². The number of ether oxygens (including phenoxy) is 1. The first-order valence-electron chi connectivity index (χ1n) is 10.4. The van der Waals surface area contributed by atoms with Crippen LogP contribution in [0.4, 0.5) is 5.69 Å². The number of hydrogen-bond acceptors (Lipinski definition) is 4. The molecule has 0 radical (unpaired) electrons. The number of nitrogens with one attached hydrogen (secondary N) is 2. The largest absolute Gasteiger partial charge is 0.465 e. The number of hydrogen-bond donors (Lipinski definition) is 2. The quantitative estimate of drug-likeness (QED) is 0.711. The maximum Gasteiger partial charge on any atom is 0.339 e. The average Bonchev–Trinajstić information content (AvgIpc) is 3.09. The summed E-state index contributed by atoms with van der Waals surface area (Å²) in [6.07, 6.45) is 2.64. The number of esters is 1. The SMILES string of the molecule is CCCc1c(C(=O)N2CCC(C(=O)Nc3ccccc3)CC2)[nH]c(C)c1C(=O)OC. The molecule has 1 aromatic carbocycles. The predicted octanol–water partition coefficient (Wildman–Crippen LogP) is 3.55. The van der Waals surface area contributed by atoms with Crippen molar-refractivity contribution in [2.24, 2.45) is 5.92 Å². The van der Waals surface area contributed by atoms with Gasteiger partial charge in [-0.2, -0.15) is 0 Å². The molecule has 7 nitrogen and oxygen atoms in total. The summed E-state index contributed by atoms with van der Waals surface area (Å²) in [5.41, 5.74) is 3.06. The fourth-order valence-electron chi connectivity index (χ4n) is 4.01. The normalized spacial score (nSPS) is 14.4. The van der Waals surface area contributed by atoms with Crippen molar-refractivity contribution in [3.63, 3.8) is 0 Å². The number of aromatic amines is 1. The number of carbonyl (C=O) groups excluding carboxylic acids is 3. The van der Waals surface area contributed by atoms with Crippen LogP contribution in [0.25, 0.3) is 0 Å². The first kappa shape index (κ1) is 21.6. The molecule has 0 bridgehead atoms. The second-order valence-electron chi connectivity index (χ2n) is 7.64. The molecule has 2 N–H and O–H groups in total. The molecule has 0 saturated carbocycles. The molecule has 2 amide bonds. The third-order valence-electron chi connectivity index (χ3n) is 5.59. The van der Waals surface area contributed by atoms with E-state index in [9.17, 15) is 14.4 Å². The number of benzene rings is 1. The molecule has 1 saturated heterocycles. The van der Waals surface area contributed by atoms with Gasteiger partial charge in [-0.25, -0.2) is 4.79 Å². The van der Waals surface area contributed by atoms with Gasteiger partial charge in [-0.15, -0.1) is 0 Å². The molecule has 2 heterocycles. The second kappa shape index (κ2) is 9.61. The standard InChI is InChI=1S/C23H29N3O4/c1-4-8-18-19(23(29)30-3)15(2)24-20(18)22(28)26-13-11-16(12-14-26)21(27)25-17-9-6-5-7-10-17/h5-7,9-10,16,24H,4,8,11-14H2,1-3H3,(H,25,27). The molecular formula is C23H29N3O4. The number of methoxy groups -OCH3 is 1. The number of nitrogens with zero attached hydrogens (tertiary/aromatic N) is 1. The van der Waals surface area contributed by atoms with Crippen molar-refractivity contribution >= 4 is 23.5 Å². The van der Waals surface area contributed by atoms with Crippen LogP contribution in [0.3, 0.4) is 0 Å². The van der Waals surface area contributed by atoms with E-state index in [4.69, 9.17) is 4.74 Å². The molecule has 3 rings (SSSR count). The maximum atomic E-state index is 13.2. The van der Waals surface area contributed by atoms with E-state index in [1.165, 1.54) is 7.11 Å². The van der Waals surface area contributed by atoms with Crippen LogP contribution in [0.5, 0.6) is 0 Å². The molecular weight excluding hydrogens is 382 g/mol. The molecule has 0 aliphatic carbocycles. The highest BCUT2D eigenvalue weighted by Gasteiger charge is 2.31. The summed E-state index contributed by atoms with van der Waals surface area (Å²) in [5, 5.41) is 2.94. The Bertz CT molecular complexity index is 912. The van der Waals surface area contributed by atoms with Gasteiger partial charge in [-0.1, -0.05) is 31.5 Å². The number of aryl methyl sites for hydroxylation is 1. The Hall–Kier alpha value is -3.09. The molecule has 0 spiro atoms. The molecule has 1 aromatic heterocycles. The van der Waals surface area contributed by atoms with Gasteiger partial charge in [0.25, 0.3) is 5.91 Å². The number of aromatic nitrogens is 1. The smallest absolute Gasteiger partial charge is 0.339 e. The number of para-hydroxylation sites is 1. The van der Waals surface area contributed by atoms with E-state index in [1.54, 1.807) is 11.8 Å². The highest BCUT2D eigenvalue weighted by molar-refractivity contribution is 6.01. The average molecular weight is 412 g/mol. The summed E-state index contributed by atoms with van der Waals surface area (Å²) in [6, 6.07) is 9.38. The summed E-state index contributed by atoms with van der Waals surface area (Å²) in [7, 11) is 1.34. The van der Waals surface area contributed by atoms with E-state index in [-0.39, 0.29) is 17.7 Å². The van der Waals surface area contributed by atoms with Crippen LogP contribution in [0.2, 0.25) is 0 Å². The van der Waals surface area contributed by atoms with Crippen molar-refractivity contribution in [3.8, 4) is 0 Å². The van der Waals surface area contributed by atoms with Crippen molar-refractivity contribution in [2.45, 2.75) is 39.5 Å². The Labute approximate surface area is 176 Å². The zero-order chi connectivity index (χ0) is 21.7. The van der Waals surface area contributed by atoms with E-state index in [0.29, 0.717) is 49.3 Å². The maximum absolute atomic E-state index is 13.2. The monoisotopic (exact) mass is 411 g/mol. The fourth-order valence-corrected chi connectivity index (χ4v) is 4.01. The van der Waals surface area contributed by atoms with Crippen LogP contribution in [0.1, 0.15) is 58.3 Å². The van der Waals surface area contributed by atoms with Crippen molar-refractivity contribution < 1.29 is 19.1 Å². The second-order valence-corrected chi connectivity index (χ2v) is 7.64. The number of likely N-dealkylation sites (tertiary alicyclic amines) is 1. The fraction of sp³-hybridized carbons (Fsp3) is 0.435. The van der Waals surface area contributed by atoms with Gasteiger partial charge < -0.3 is 19.9 Å². The van der Waals surface area contributed by atoms with Crippen molar-refractivity contribution in [1.29, 1.82) is 0 Å². The molecule has 2 aromatic rings. The first-order chi connectivity index (χ1) is 14.5. The topological polar surface area (TPSA) is 91.5 Å². The van der Waals surface area contributed by atoms with Gasteiger partial charge in [0.05, 0.1) is 12.7 Å². The number of H-pyrrole nitrogens is 1. The molecule has 160 valence electrons. The van der Waals surface area contributed by atoms with Crippen molar-refractivity contribution in [1.82, 2.24) is 9.88 Å². The van der Waals surface area contributed by atoms with Gasteiger partial charge >= 0.3 is 5.97 Å². The molecule has 0 atom stereocenters. The van der Waals surface area contributed by atoms with E-state index < -0.39 is 5.97 Å². The van der Waals surface area contributed by atoms with Gasteiger partial charge in [0, 0.05) is 30.4 Å². The summed E-state index contributed by atoms with van der Waals surface area (Å²) in [5.74, 6) is -0.690. The predicted molar refractivity (Wildman–Crippen MR) is 115 cm³/mol. The number of rotatable bonds is 6. The van der Waals surface area contributed by atoms with Crippen LogP contribution >= 0.6 is 0 Å². The number of amides is 2. The third-order valence-corrected chi connectivity index (χ3v) is 5.59. The van der Waals surface area contributed by atoms with Crippen LogP contribution < -0.4 is 5.32 Å². The third kappa shape index (κ3) is 4.56. The van der Waals surface area contributed by atoms with Gasteiger partial charge in [-0.3, -0.25) is 9.59 Å². The van der Waals surface area contributed by atoms with E-state index in [2.05, 4.69) is 10.3 Å². The molecule has 30 heavy (non-hydrogen) atoms. The zero-order valence-electron chi connectivity index (χ0n) is 17.8. The Morgan fingerprint density at radius 1 is 1.17 bits per heavy atom. The van der Waals surface area contributed by atoms with Crippen LogP contribution in [0, 0.1) is 12.8 Å². The van der Waals surface area contributed by atoms with Gasteiger partial charge in [0.15, 0.2) is 0 Å². The summed E-state index contributed by atoms with van der Waals surface area (Å²) in [6.45, 7) is 4.79. The lowest BCUT2D eigenvalue weighted by Crippen LogP contribution is -2.41. The van der Waals surface area contributed by atoms with E-state index in [0.717, 1.165) is 17.7 Å². The minimum absolute atomic E-state index is 0.0105. The van der Waals surface area contributed by atoms with E-state index >= 15 is 0 Å². The zero-order valence-corrected chi connectivity index (χ0v) is 17.8. The number of carbonyl (C=O) groups is 3. The lowest BCUT2D eigenvalue weighted by molar-refractivity contribution is -0.121. The summed E-state index contributed by atoms with van der Waals surface area (Å²) < 4.78 is 4.90. The highest BCUT2D eigenvalue weighted by Crippen LogP contribution is 2.26. The first-order valence-corrected chi connectivity index (χ1v) is 10.4. The Balaban J connectivity index is 1.68. The minimum atomic E-state index is -0.428. The molecule has 1 aliphatic heterocycles. The Kier molecular flexibility index (Phi) is 6.92. The molecule has 1 aliphatic rings. The lowest BCUT2D eigenvalue weighted by atomic mass is 9.95. The Morgan fingerprint density at radius 3 is 2.43 bits per heavy atom. The van der Waals surface area contributed by atoms with Crippen LogP contribution in [-0.2, 0) is 16.0 Å². The number of piperidine rings is 1. The molecule has 0 unspecified atom stereocenters. The summed E-state index contributed by atoms with van der Waals surface area (Å²) in [4.78, 5) is 42.8. The van der Waals surface area contributed by atoms with Crippen molar-refractivity contribution in [3.05, 3.63) is 52.8 Å². The number of anilines is 1. The van der Waals surface area contributed by atoms with Gasteiger partial charge in [-0.05, 0) is 43.9 Å². The molecule has 7 heteroatoms. The van der Waals surface area contributed by atoms with Crippen LogP contribution in [-0.4, -0.2) is 47.9 Å². The van der Waals surface area contributed by atoms with Crippen LogP contribution in [0.15, 0.2) is 30.3 Å². The molecule has 1 fully saturated rings. The minimum Gasteiger partial charge on any atom is -0.465 e. The summed E-state index contributed by atoms with van der Waals surface area (Å²) >= 11 is 0. The van der Waals surface area contributed by atoms with E-state index in [1.807, 2.05) is 37.3 Å². The van der Waals surface area contributed by atoms with Crippen molar-refractivity contribution in [2.75, 3.05) is 25.5 Å². The highest BCUT2D eigenvalue weighted by atomic mass is 16.5. The Morgan fingerprint density at radius 2 is 1.83 bits per heavy atom. The lowest BCUT2D eigenvalue weighted by Gasteiger charge is -2.31.